The first-order valence-corrected chi connectivity index (χ1v) is 5.61. The van der Waals surface area contributed by atoms with Gasteiger partial charge in [-0.25, -0.2) is 5.48 Å². The Balaban J connectivity index is 1.68. The first kappa shape index (κ1) is 12.0. The minimum Gasteiger partial charge on any atom is -0.492 e. The summed E-state index contributed by atoms with van der Waals surface area (Å²) in [5, 5.41) is 2.69. The first-order valence-electron chi connectivity index (χ1n) is 5.61. The van der Waals surface area contributed by atoms with Crippen LogP contribution in [0.3, 0.4) is 0 Å². The van der Waals surface area contributed by atoms with Gasteiger partial charge in [-0.05, 0) is 24.3 Å². The smallest absolute Gasteiger partial charge is 0.289 e. The summed E-state index contributed by atoms with van der Waals surface area (Å²) >= 11 is 0. The van der Waals surface area contributed by atoms with E-state index in [1.165, 1.54) is 0 Å². The molecule has 1 aliphatic heterocycles. The minimum absolute atomic E-state index is 0.234. The molecule has 1 heterocycles. The Bertz CT molecular complexity index is 455. The maximum absolute atomic E-state index is 11.6. The number of ether oxygens (including phenoxy) is 1. The van der Waals surface area contributed by atoms with Crippen molar-refractivity contribution in [3.8, 4) is 5.75 Å². The molecule has 2 N–H and O–H groups in total. The van der Waals surface area contributed by atoms with E-state index in [0.717, 1.165) is 5.75 Å². The predicted octanol–water partition coefficient (Wildman–Crippen LogP) is 1.11. The van der Waals surface area contributed by atoms with Gasteiger partial charge in [-0.1, -0.05) is 18.2 Å². The molecule has 0 saturated heterocycles. The lowest BCUT2D eigenvalue weighted by atomic mass is 10.3. The van der Waals surface area contributed by atoms with Crippen molar-refractivity contribution >= 4 is 5.91 Å². The van der Waals surface area contributed by atoms with Crippen LogP contribution >= 0.6 is 0 Å². The fourth-order valence-electron chi connectivity index (χ4n) is 1.37. The van der Waals surface area contributed by atoms with E-state index in [1.54, 1.807) is 18.4 Å². The van der Waals surface area contributed by atoms with E-state index in [9.17, 15) is 4.79 Å². The van der Waals surface area contributed by atoms with Gasteiger partial charge < -0.3 is 14.9 Å². The summed E-state index contributed by atoms with van der Waals surface area (Å²) in [5.74, 6) is 0.741. The van der Waals surface area contributed by atoms with Crippen LogP contribution in [0.1, 0.15) is 0 Å². The second-order valence-corrected chi connectivity index (χ2v) is 3.53. The van der Waals surface area contributed by atoms with Crippen molar-refractivity contribution in [2.75, 3.05) is 13.2 Å². The molecule has 5 heteroatoms. The van der Waals surface area contributed by atoms with Gasteiger partial charge in [0.15, 0.2) is 0 Å². The zero-order chi connectivity index (χ0) is 12.6. The zero-order valence-electron chi connectivity index (χ0n) is 9.76. The normalized spacial score (nSPS) is 13.0. The van der Waals surface area contributed by atoms with Crippen LogP contribution in [-0.2, 0) is 9.63 Å². The van der Waals surface area contributed by atoms with Crippen LogP contribution in [0, 0.1) is 0 Å². The lowest BCUT2D eigenvalue weighted by molar-refractivity contribution is -0.122. The number of carbonyl (C=O) groups excluding carboxylic acids is 1. The van der Waals surface area contributed by atoms with Gasteiger partial charge in [-0.3, -0.25) is 4.79 Å². The molecule has 94 valence electrons. The number of hydrogen-bond donors (Lipinski definition) is 2. The molecule has 0 unspecified atom stereocenters. The lowest BCUT2D eigenvalue weighted by Crippen LogP contribution is -2.32. The largest absolute Gasteiger partial charge is 0.492 e. The van der Waals surface area contributed by atoms with Crippen LogP contribution in [0.15, 0.2) is 54.4 Å². The lowest BCUT2D eigenvalue weighted by Gasteiger charge is -2.12. The van der Waals surface area contributed by atoms with Crippen molar-refractivity contribution in [1.82, 2.24) is 10.8 Å². The Kier molecular flexibility index (Phi) is 4.24. The average Bonchev–Trinajstić information content (AvgIpc) is 2.45. The molecule has 0 aliphatic carbocycles. The van der Waals surface area contributed by atoms with Crippen molar-refractivity contribution in [1.29, 1.82) is 0 Å². The molecule has 18 heavy (non-hydrogen) atoms. The highest BCUT2D eigenvalue weighted by Gasteiger charge is 2.11. The van der Waals surface area contributed by atoms with Crippen molar-refractivity contribution in [3.63, 3.8) is 0 Å². The Labute approximate surface area is 105 Å². The van der Waals surface area contributed by atoms with Crippen molar-refractivity contribution in [2.45, 2.75) is 0 Å². The van der Waals surface area contributed by atoms with Crippen LogP contribution < -0.4 is 15.5 Å². The van der Waals surface area contributed by atoms with E-state index in [4.69, 9.17) is 9.57 Å². The van der Waals surface area contributed by atoms with Crippen LogP contribution in [0.5, 0.6) is 5.75 Å². The Morgan fingerprint density at radius 1 is 1.33 bits per heavy atom. The first-order chi connectivity index (χ1) is 8.86. The standard InChI is InChI=1S/C13H14N2O3/c16-13(12-7-4-8-15-18-12)14-9-10-17-11-5-2-1-3-6-11/h1-8,15H,9-10H2,(H,14,16). The third-order valence-electron chi connectivity index (χ3n) is 2.20. The van der Waals surface area contributed by atoms with Gasteiger partial charge in [0.25, 0.3) is 5.91 Å². The summed E-state index contributed by atoms with van der Waals surface area (Å²) in [4.78, 5) is 16.5. The van der Waals surface area contributed by atoms with Gasteiger partial charge in [0.05, 0.1) is 6.54 Å². The van der Waals surface area contributed by atoms with E-state index in [2.05, 4.69) is 10.8 Å². The number of carbonyl (C=O) groups is 1. The molecular formula is C13H14N2O3. The summed E-state index contributed by atoms with van der Waals surface area (Å²) in [6.45, 7) is 0.824. The highest BCUT2D eigenvalue weighted by molar-refractivity contribution is 5.91. The molecule has 1 amide bonds. The van der Waals surface area contributed by atoms with E-state index < -0.39 is 0 Å². The Morgan fingerprint density at radius 3 is 2.89 bits per heavy atom. The number of nitrogens with one attached hydrogen (secondary N) is 2. The van der Waals surface area contributed by atoms with Gasteiger partial charge in [0, 0.05) is 6.20 Å². The van der Waals surface area contributed by atoms with E-state index in [0.29, 0.717) is 13.2 Å². The second kappa shape index (κ2) is 6.34. The van der Waals surface area contributed by atoms with Crippen LogP contribution in [0.4, 0.5) is 0 Å². The number of benzene rings is 1. The number of hydrogen-bond acceptors (Lipinski definition) is 4. The van der Waals surface area contributed by atoms with Gasteiger partial charge >= 0.3 is 0 Å². The van der Waals surface area contributed by atoms with Crippen LogP contribution in [-0.4, -0.2) is 19.1 Å². The van der Waals surface area contributed by atoms with Crippen molar-refractivity contribution < 1.29 is 14.4 Å². The van der Waals surface area contributed by atoms with Crippen molar-refractivity contribution in [2.24, 2.45) is 0 Å². The highest BCUT2D eigenvalue weighted by Crippen LogP contribution is 2.07. The van der Waals surface area contributed by atoms with E-state index in [1.807, 2.05) is 30.3 Å². The molecule has 0 atom stereocenters. The number of para-hydroxylation sites is 1. The molecule has 0 bridgehead atoms. The Hall–Kier alpha value is -2.43. The van der Waals surface area contributed by atoms with Crippen LogP contribution in [0.2, 0.25) is 0 Å². The SMILES string of the molecule is O=C(NCCOc1ccccc1)C1=CC=CNO1. The molecule has 0 spiro atoms. The second-order valence-electron chi connectivity index (χ2n) is 3.53. The van der Waals surface area contributed by atoms with Crippen molar-refractivity contribution in [3.05, 3.63) is 54.4 Å². The fraction of sp³-hybridized carbons (Fsp3) is 0.154. The van der Waals surface area contributed by atoms with Gasteiger partial charge in [-0.2, -0.15) is 0 Å². The van der Waals surface area contributed by atoms with Gasteiger partial charge in [0.2, 0.25) is 5.76 Å². The summed E-state index contributed by atoms with van der Waals surface area (Å²) in [6, 6.07) is 9.44. The van der Waals surface area contributed by atoms with E-state index in [-0.39, 0.29) is 11.7 Å². The number of allylic oxidation sites excluding steroid dienone is 2. The molecule has 5 nitrogen and oxygen atoms in total. The van der Waals surface area contributed by atoms with Gasteiger partial charge in [0.1, 0.15) is 12.4 Å². The van der Waals surface area contributed by atoms with Crippen LogP contribution in [0.25, 0.3) is 0 Å². The molecule has 0 radical (unpaired) electrons. The minimum atomic E-state index is -0.275. The zero-order valence-corrected chi connectivity index (χ0v) is 9.76. The number of amides is 1. The molecule has 0 aromatic heterocycles. The molecule has 1 aromatic carbocycles. The monoisotopic (exact) mass is 246 g/mol. The predicted molar refractivity (Wildman–Crippen MR) is 66.4 cm³/mol. The van der Waals surface area contributed by atoms with E-state index >= 15 is 0 Å². The fourth-order valence-corrected chi connectivity index (χ4v) is 1.37. The molecule has 1 aliphatic rings. The average molecular weight is 246 g/mol. The number of hydroxylamine groups is 1. The summed E-state index contributed by atoms with van der Waals surface area (Å²) in [6.07, 6.45) is 4.87. The topological polar surface area (TPSA) is 59.6 Å². The molecule has 0 saturated carbocycles. The third-order valence-corrected chi connectivity index (χ3v) is 2.20. The molecular weight excluding hydrogens is 232 g/mol. The Morgan fingerprint density at radius 2 is 2.17 bits per heavy atom. The van der Waals surface area contributed by atoms with Gasteiger partial charge in [-0.15, -0.1) is 0 Å². The third kappa shape index (κ3) is 3.55. The summed E-state index contributed by atoms with van der Waals surface area (Å²) < 4.78 is 5.44. The maximum atomic E-state index is 11.6. The number of rotatable bonds is 5. The molecule has 1 aromatic rings. The summed E-state index contributed by atoms with van der Waals surface area (Å²) in [5.41, 5.74) is 2.49. The summed E-state index contributed by atoms with van der Waals surface area (Å²) in [7, 11) is 0. The maximum Gasteiger partial charge on any atom is 0.289 e. The molecule has 2 rings (SSSR count). The molecule has 0 fully saturated rings. The quantitative estimate of drug-likeness (QED) is 0.764. The highest BCUT2D eigenvalue weighted by atomic mass is 16.7.